The molecule has 0 bridgehead atoms. The van der Waals surface area contributed by atoms with Crippen molar-refractivity contribution in [3.8, 4) is 11.4 Å². The summed E-state index contributed by atoms with van der Waals surface area (Å²) in [6.07, 6.45) is -1.71. The number of imidazole rings is 1. The molecule has 0 saturated heterocycles. The quantitative estimate of drug-likeness (QED) is 0.263. The van der Waals surface area contributed by atoms with E-state index in [-0.39, 0.29) is 40.1 Å². The zero-order valence-corrected chi connectivity index (χ0v) is 16.5. The summed E-state index contributed by atoms with van der Waals surface area (Å²) in [5.74, 6) is -2.19. The van der Waals surface area contributed by atoms with E-state index >= 15 is 0 Å². The first kappa shape index (κ1) is 21.0. The smallest absolute Gasteiger partial charge is 0.306 e. The van der Waals surface area contributed by atoms with Crippen molar-refractivity contribution in [2.75, 3.05) is 12.3 Å². The molecule has 2 aromatic heterocycles. The number of aromatic nitrogens is 3. The van der Waals surface area contributed by atoms with Gasteiger partial charge < -0.3 is 31.2 Å². The number of nitrogens with zero attached hydrogens (tertiary/aromatic N) is 1. The Morgan fingerprint density at radius 2 is 1.97 bits per heavy atom. The van der Waals surface area contributed by atoms with Crippen LogP contribution < -0.4 is 16.6 Å². The highest BCUT2D eigenvalue weighted by Crippen LogP contribution is 2.29. The van der Waals surface area contributed by atoms with Crippen molar-refractivity contribution >= 4 is 39.5 Å². The van der Waals surface area contributed by atoms with Gasteiger partial charge in [-0.05, 0) is 30.3 Å². The van der Waals surface area contributed by atoms with Gasteiger partial charge in [0, 0.05) is 12.1 Å². The molecule has 0 aliphatic rings. The summed E-state index contributed by atoms with van der Waals surface area (Å²) in [6.45, 7) is -0.230. The fraction of sp³-hybridized carbons (Fsp3) is 0.143. The SMILES string of the molecule is Nc1c(-c2nc3ccc(C(=O)NCC(O)CC(=O)O)cc3[nH]2)c(=O)[nH]c2cccc(F)c12. The van der Waals surface area contributed by atoms with Crippen LogP contribution in [0.4, 0.5) is 10.1 Å². The van der Waals surface area contributed by atoms with Gasteiger partial charge in [-0.3, -0.25) is 14.4 Å². The molecule has 7 N–H and O–H groups in total. The molecule has 0 spiro atoms. The maximum Gasteiger partial charge on any atom is 0.306 e. The molecule has 0 radical (unpaired) electrons. The van der Waals surface area contributed by atoms with Gasteiger partial charge in [0.15, 0.2) is 0 Å². The number of aromatic amines is 2. The number of rotatable bonds is 6. The van der Waals surface area contributed by atoms with Gasteiger partial charge in [-0.1, -0.05) is 6.07 Å². The number of amides is 1. The summed E-state index contributed by atoms with van der Waals surface area (Å²) in [5, 5.41) is 20.8. The summed E-state index contributed by atoms with van der Waals surface area (Å²) >= 11 is 0. The molecular formula is C21H18FN5O5. The standard InChI is InChI=1S/C21H18FN5O5/c22-11-2-1-3-13-16(11)18(23)17(21(32)27-13)19-25-12-5-4-9(6-14(12)26-19)20(31)24-8-10(28)7-15(29)30/h1-6,10,28H,7-8H2,(H,24,31)(H,25,26)(H,29,30)(H3,23,27,32). The second kappa shape index (κ2) is 8.12. The molecule has 2 heterocycles. The number of benzene rings is 2. The number of fused-ring (bicyclic) bond motifs is 2. The van der Waals surface area contributed by atoms with E-state index in [1.807, 2.05) is 0 Å². The second-order valence-corrected chi connectivity index (χ2v) is 7.18. The minimum absolute atomic E-state index is 0.0263. The predicted octanol–water partition coefficient (Wildman–Crippen LogP) is 1.36. The lowest BCUT2D eigenvalue weighted by atomic mass is 10.1. The second-order valence-electron chi connectivity index (χ2n) is 7.18. The van der Waals surface area contributed by atoms with Gasteiger partial charge in [0.1, 0.15) is 17.2 Å². The van der Waals surface area contributed by atoms with Crippen molar-refractivity contribution in [1.82, 2.24) is 20.3 Å². The van der Waals surface area contributed by atoms with E-state index in [1.54, 1.807) is 6.07 Å². The van der Waals surface area contributed by atoms with Gasteiger partial charge in [-0.15, -0.1) is 0 Å². The maximum absolute atomic E-state index is 14.3. The Bertz CT molecular complexity index is 1430. The molecule has 4 aromatic rings. The average Bonchev–Trinajstić information content (AvgIpc) is 3.13. The van der Waals surface area contributed by atoms with E-state index < -0.39 is 35.8 Å². The number of anilines is 1. The fourth-order valence-electron chi connectivity index (χ4n) is 3.42. The molecule has 1 unspecified atom stereocenters. The van der Waals surface area contributed by atoms with Crippen LogP contribution in [0, 0.1) is 5.82 Å². The molecule has 0 aliphatic heterocycles. The van der Waals surface area contributed by atoms with Crippen LogP contribution >= 0.6 is 0 Å². The Labute approximate surface area is 178 Å². The van der Waals surface area contributed by atoms with Crippen molar-refractivity contribution in [3.63, 3.8) is 0 Å². The van der Waals surface area contributed by atoms with E-state index in [9.17, 15) is 23.9 Å². The van der Waals surface area contributed by atoms with E-state index in [1.165, 1.54) is 30.3 Å². The number of carbonyl (C=O) groups is 2. The molecule has 4 rings (SSSR count). The van der Waals surface area contributed by atoms with Crippen LogP contribution in [0.5, 0.6) is 0 Å². The number of carbonyl (C=O) groups excluding carboxylic acids is 1. The highest BCUT2D eigenvalue weighted by Gasteiger charge is 2.19. The van der Waals surface area contributed by atoms with Crippen LogP contribution in [-0.4, -0.2) is 49.7 Å². The van der Waals surface area contributed by atoms with Crippen LogP contribution in [-0.2, 0) is 4.79 Å². The number of aliphatic hydroxyl groups excluding tert-OH is 1. The molecule has 1 amide bonds. The number of nitrogens with two attached hydrogens (primary N) is 1. The summed E-state index contributed by atoms with van der Waals surface area (Å²) in [7, 11) is 0. The van der Waals surface area contributed by atoms with Gasteiger partial charge in [-0.2, -0.15) is 0 Å². The van der Waals surface area contributed by atoms with Crippen LogP contribution in [0.2, 0.25) is 0 Å². The Kier molecular flexibility index (Phi) is 5.33. The number of nitrogens with one attached hydrogen (secondary N) is 3. The third-order valence-corrected chi connectivity index (χ3v) is 4.92. The number of halogens is 1. The van der Waals surface area contributed by atoms with Crippen molar-refractivity contribution in [3.05, 3.63) is 58.1 Å². The number of carboxylic acids is 1. The normalized spacial score (nSPS) is 12.2. The third kappa shape index (κ3) is 3.88. The first-order chi connectivity index (χ1) is 15.2. The number of aliphatic hydroxyl groups is 1. The first-order valence-electron chi connectivity index (χ1n) is 9.52. The number of H-pyrrole nitrogens is 2. The summed E-state index contributed by atoms with van der Waals surface area (Å²) in [6, 6.07) is 8.75. The number of pyridine rings is 1. The maximum atomic E-state index is 14.3. The van der Waals surface area contributed by atoms with Crippen LogP contribution in [0.3, 0.4) is 0 Å². The largest absolute Gasteiger partial charge is 0.481 e. The Morgan fingerprint density at radius 3 is 2.72 bits per heavy atom. The van der Waals surface area contributed by atoms with Crippen LogP contribution in [0.15, 0.2) is 41.2 Å². The lowest BCUT2D eigenvalue weighted by Gasteiger charge is -2.09. The van der Waals surface area contributed by atoms with Crippen molar-refractivity contribution in [2.24, 2.45) is 0 Å². The predicted molar refractivity (Wildman–Crippen MR) is 115 cm³/mol. The number of carboxylic acid groups (broad SMARTS) is 1. The van der Waals surface area contributed by atoms with Crippen LogP contribution in [0.1, 0.15) is 16.8 Å². The Morgan fingerprint density at radius 1 is 1.19 bits per heavy atom. The van der Waals surface area contributed by atoms with E-state index in [0.29, 0.717) is 11.0 Å². The zero-order chi connectivity index (χ0) is 23.0. The lowest BCUT2D eigenvalue weighted by Crippen LogP contribution is -2.33. The fourth-order valence-corrected chi connectivity index (χ4v) is 3.42. The summed E-state index contributed by atoms with van der Waals surface area (Å²) in [5.41, 5.74) is 6.81. The number of hydrogen-bond acceptors (Lipinski definition) is 6. The minimum atomic E-state index is -1.22. The Balaban J connectivity index is 1.67. The van der Waals surface area contributed by atoms with Gasteiger partial charge in [0.2, 0.25) is 0 Å². The topological polar surface area (TPSA) is 174 Å². The number of aliphatic carboxylic acids is 1. The first-order valence-corrected chi connectivity index (χ1v) is 9.52. The Hall–Kier alpha value is -4.25. The van der Waals surface area contributed by atoms with Gasteiger partial charge in [-0.25, -0.2) is 9.37 Å². The van der Waals surface area contributed by atoms with E-state index in [2.05, 4.69) is 20.3 Å². The lowest BCUT2D eigenvalue weighted by molar-refractivity contribution is -0.139. The summed E-state index contributed by atoms with van der Waals surface area (Å²) < 4.78 is 14.3. The van der Waals surface area contributed by atoms with E-state index in [0.717, 1.165) is 0 Å². The van der Waals surface area contributed by atoms with Gasteiger partial charge in [0.05, 0.1) is 40.1 Å². The van der Waals surface area contributed by atoms with Crippen LogP contribution in [0.25, 0.3) is 33.3 Å². The molecule has 2 aromatic carbocycles. The molecule has 0 saturated carbocycles. The van der Waals surface area contributed by atoms with Crippen molar-refractivity contribution in [1.29, 1.82) is 0 Å². The molecule has 32 heavy (non-hydrogen) atoms. The molecule has 164 valence electrons. The molecule has 0 aliphatic carbocycles. The third-order valence-electron chi connectivity index (χ3n) is 4.92. The molecular weight excluding hydrogens is 421 g/mol. The van der Waals surface area contributed by atoms with Crippen molar-refractivity contribution in [2.45, 2.75) is 12.5 Å². The molecule has 0 fully saturated rings. The van der Waals surface area contributed by atoms with Crippen molar-refractivity contribution < 1.29 is 24.2 Å². The molecule has 10 nitrogen and oxygen atoms in total. The number of hydrogen-bond donors (Lipinski definition) is 6. The number of nitrogen functional groups attached to an aromatic ring is 1. The van der Waals surface area contributed by atoms with E-state index in [4.69, 9.17) is 10.8 Å². The zero-order valence-electron chi connectivity index (χ0n) is 16.5. The monoisotopic (exact) mass is 439 g/mol. The minimum Gasteiger partial charge on any atom is -0.481 e. The van der Waals surface area contributed by atoms with Gasteiger partial charge in [0.25, 0.3) is 11.5 Å². The molecule has 1 atom stereocenters. The highest BCUT2D eigenvalue weighted by molar-refractivity contribution is 6.00. The average molecular weight is 439 g/mol. The highest BCUT2D eigenvalue weighted by atomic mass is 19.1. The molecule has 11 heteroatoms. The summed E-state index contributed by atoms with van der Waals surface area (Å²) in [4.78, 5) is 45.4. The van der Waals surface area contributed by atoms with Gasteiger partial charge >= 0.3 is 5.97 Å².